The number of rotatable bonds is 1. The molecule has 19 heavy (non-hydrogen) atoms. The fourth-order valence-electron chi connectivity index (χ4n) is 2.34. The van der Waals surface area contributed by atoms with Gasteiger partial charge < -0.3 is 4.90 Å². The first-order valence-electron chi connectivity index (χ1n) is 6.19. The number of halogens is 3. The predicted molar refractivity (Wildman–Crippen MR) is 88.9 cm³/mol. The zero-order chi connectivity index (χ0) is 14.2. The standard InChI is InChI=1S/C14H16Br3NO/c1-14(2)8-18(6-5-12(14)17)13(19)10-4-3-9(15)7-11(10)16/h3-4,7,12H,5-6,8H2,1-2H3. The van der Waals surface area contributed by atoms with E-state index >= 15 is 0 Å². The number of alkyl halides is 1. The van der Waals surface area contributed by atoms with Crippen molar-refractivity contribution in [1.29, 1.82) is 0 Å². The van der Waals surface area contributed by atoms with Crippen molar-refractivity contribution in [2.24, 2.45) is 5.41 Å². The van der Waals surface area contributed by atoms with Crippen molar-refractivity contribution in [3.8, 4) is 0 Å². The van der Waals surface area contributed by atoms with Crippen LogP contribution >= 0.6 is 47.8 Å². The predicted octanol–water partition coefficient (Wildman–Crippen LogP) is 4.85. The Morgan fingerprint density at radius 2 is 2.05 bits per heavy atom. The minimum absolute atomic E-state index is 0.104. The van der Waals surface area contributed by atoms with Crippen LogP contribution in [0.3, 0.4) is 0 Å². The largest absolute Gasteiger partial charge is 0.338 e. The molecule has 1 atom stereocenters. The van der Waals surface area contributed by atoms with E-state index in [1.54, 1.807) is 0 Å². The highest BCUT2D eigenvalue weighted by atomic mass is 79.9. The van der Waals surface area contributed by atoms with Gasteiger partial charge in [0.05, 0.1) is 5.56 Å². The Bertz CT molecular complexity index is 501. The molecule has 1 aromatic carbocycles. The lowest BCUT2D eigenvalue weighted by Gasteiger charge is -2.42. The zero-order valence-corrected chi connectivity index (χ0v) is 15.7. The molecule has 0 saturated carbocycles. The number of carbonyl (C=O) groups excluding carboxylic acids is 1. The van der Waals surface area contributed by atoms with Gasteiger partial charge in [0.25, 0.3) is 5.91 Å². The summed E-state index contributed by atoms with van der Waals surface area (Å²) in [6.07, 6.45) is 0.993. The van der Waals surface area contributed by atoms with E-state index < -0.39 is 0 Å². The van der Waals surface area contributed by atoms with Gasteiger partial charge in [0.2, 0.25) is 0 Å². The lowest BCUT2D eigenvalue weighted by Crippen LogP contribution is -2.48. The van der Waals surface area contributed by atoms with E-state index in [2.05, 4.69) is 61.6 Å². The van der Waals surface area contributed by atoms with Crippen molar-refractivity contribution < 1.29 is 4.79 Å². The quantitative estimate of drug-likeness (QED) is 0.557. The second kappa shape index (κ2) is 5.86. The molecule has 1 aliphatic rings. The second-order valence-corrected chi connectivity index (χ2v) is 8.47. The molecule has 0 spiro atoms. The average molecular weight is 454 g/mol. The molecule has 2 rings (SSSR count). The van der Waals surface area contributed by atoms with E-state index in [1.165, 1.54) is 0 Å². The van der Waals surface area contributed by atoms with Crippen LogP contribution in [-0.4, -0.2) is 28.7 Å². The molecule has 1 aromatic rings. The highest BCUT2D eigenvalue weighted by molar-refractivity contribution is 9.11. The molecule has 104 valence electrons. The maximum atomic E-state index is 12.6. The molecule has 1 amide bonds. The Kier molecular flexibility index (Phi) is 4.79. The molecular weight excluding hydrogens is 438 g/mol. The van der Waals surface area contributed by atoms with Gasteiger partial charge in [0.1, 0.15) is 0 Å². The molecule has 1 heterocycles. The molecule has 1 aliphatic heterocycles. The lowest BCUT2D eigenvalue weighted by atomic mass is 9.84. The minimum atomic E-state index is 0.104. The Labute approximate surface area is 139 Å². The Morgan fingerprint density at radius 3 is 2.63 bits per heavy atom. The van der Waals surface area contributed by atoms with Crippen LogP contribution in [0, 0.1) is 5.41 Å². The van der Waals surface area contributed by atoms with Gasteiger partial charge in [-0.15, -0.1) is 0 Å². The monoisotopic (exact) mass is 451 g/mol. The van der Waals surface area contributed by atoms with Gasteiger partial charge in [-0.05, 0) is 46.0 Å². The molecule has 0 bridgehead atoms. The first-order chi connectivity index (χ1) is 8.81. The first kappa shape index (κ1) is 15.5. The van der Waals surface area contributed by atoms with Gasteiger partial charge in [0.15, 0.2) is 0 Å². The summed E-state index contributed by atoms with van der Waals surface area (Å²) in [5.74, 6) is 0.104. The lowest BCUT2D eigenvalue weighted by molar-refractivity contribution is 0.0601. The van der Waals surface area contributed by atoms with Crippen LogP contribution in [0.5, 0.6) is 0 Å². The van der Waals surface area contributed by atoms with Crippen LogP contribution < -0.4 is 0 Å². The third-order valence-corrected chi connectivity index (χ3v) is 6.39. The SMILES string of the molecule is CC1(C)CN(C(=O)c2ccc(Br)cc2Br)CCC1Br. The van der Waals surface area contributed by atoms with Gasteiger partial charge in [-0.2, -0.15) is 0 Å². The van der Waals surface area contributed by atoms with Gasteiger partial charge >= 0.3 is 0 Å². The van der Waals surface area contributed by atoms with Crippen LogP contribution in [0.4, 0.5) is 0 Å². The third kappa shape index (κ3) is 3.42. The number of carbonyl (C=O) groups is 1. The number of piperidine rings is 1. The Hall–Kier alpha value is 0.130. The number of likely N-dealkylation sites (tertiary alicyclic amines) is 1. The van der Waals surface area contributed by atoms with Crippen LogP contribution in [0.15, 0.2) is 27.1 Å². The van der Waals surface area contributed by atoms with E-state index in [-0.39, 0.29) is 11.3 Å². The summed E-state index contributed by atoms with van der Waals surface area (Å²) in [7, 11) is 0. The summed E-state index contributed by atoms with van der Waals surface area (Å²) in [6.45, 7) is 5.98. The summed E-state index contributed by atoms with van der Waals surface area (Å²) >= 11 is 10.6. The molecule has 1 fully saturated rings. The highest BCUT2D eigenvalue weighted by Gasteiger charge is 2.36. The summed E-state index contributed by atoms with van der Waals surface area (Å²) in [5.41, 5.74) is 0.836. The van der Waals surface area contributed by atoms with Crippen molar-refractivity contribution in [2.75, 3.05) is 13.1 Å². The van der Waals surface area contributed by atoms with E-state index in [0.29, 0.717) is 4.83 Å². The van der Waals surface area contributed by atoms with Crippen LogP contribution in [0.1, 0.15) is 30.6 Å². The molecular formula is C14H16Br3NO. The fraction of sp³-hybridized carbons (Fsp3) is 0.500. The van der Waals surface area contributed by atoms with Crippen LogP contribution in [-0.2, 0) is 0 Å². The minimum Gasteiger partial charge on any atom is -0.338 e. The first-order valence-corrected chi connectivity index (χ1v) is 8.70. The van der Waals surface area contributed by atoms with Crippen molar-refractivity contribution in [1.82, 2.24) is 4.90 Å². The van der Waals surface area contributed by atoms with Crippen molar-refractivity contribution >= 4 is 53.7 Å². The van der Waals surface area contributed by atoms with Crippen molar-refractivity contribution in [3.05, 3.63) is 32.7 Å². The summed E-state index contributed by atoms with van der Waals surface area (Å²) in [4.78, 5) is 15.0. The molecule has 2 nitrogen and oxygen atoms in total. The fourth-order valence-corrected chi connectivity index (χ4v) is 3.90. The molecule has 0 N–H and O–H groups in total. The van der Waals surface area contributed by atoms with E-state index in [0.717, 1.165) is 34.0 Å². The van der Waals surface area contributed by atoms with Crippen LogP contribution in [0.25, 0.3) is 0 Å². The highest BCUT2D eigenvalue weighted by Crippen LogP contribution is 2.35. The normalized spacial score (nSPS) is 22.4. The molecule has 0 aliphatic carbocycles. The Morgan fingerprint density at radius 1 is 1.37 bits per heavy atom. The van der Waals surface area contributed by atoms with Crippen molar-refractivity contribution in [3.63, 3.8) is 0 Å². The van der Waals surface area contributed by atoms with Gasteiger partial charge in [-0.25, -0.2) is 0 Å². The number of hydrogen-bond acceptors (Lipinski definition) is 1. The topological polar surface area (TPSA) is 20.3 Å². The molecule has 1 unspecified atom stereocenters. The maximum Gasteiger partial charge on any atom is 0.255 e. The van der Waals surface area contributed by atoms with Crippen LogP contribution in [0.2, 0.25) is 0 Å². The van der Waals surface area contributed by atoms with Gasteiger partial charge in [0, 0.05) is 26.9 Å². The molecule has 5 heteroatoms. The Balaban J connectivity index is 2.21. The molecule has 0 aromatic heterocycles. The molecule has 0 radical (unpaired) electrons. The van der Waals surface area contributed by atoms with Gasteiger partial charge in [-0.3, -0.25) is 4.79 Å². The number of nitrogens with zero attached hydrogens (tertiary/aromatic N) is 1. The van der Waals surface area contributed by atoms with Gasteiger partial charge in [-0.1, -0.05) is 45.7 Å². The summed E-state index contributed by atoms with van der Waals surface area (Å²) in [6, 6.07) is 5.68. The third-order valence-electron chi connectivity index (χ3n) is 3.55. The smallest absolute Gasteiger partial charge is 0.255 e. The molecule has 1 saturated heterocycles. The summed E-state index contributed by atoms with van der Waals surface area (Å²) in [5, 5.41) is 0. The maximum absolute atomic E-state index is 12.6. The van der Waals surface area contributed by atoms with E-state index in [1.807, 2.05) is 23.1 Å². The van der Waals surface area contributed by atoms with Crippen molar-refractivity contribution in [2.45, 2.75) is 25.1 Å². The van der Waals surface area contributed by atoms with E-state index in [4.69, 9.17) is 0 Å². The number of amides is 1. The number of benzene rings is 1. The summed E-state index contributed by atoms with van der Waals surface area (Å²) < 4.78 is 1.81. The van der Waals surface area contributed by atoms with E-state index in [9.17, 15) is 4.79 Å². The number of hydrogen-bond donors (Lipinski definition) is 0. The average Bonchev–Trinajstić information content (AvgIpc) is 2.32. The second-order valence-electron chi connectivity index (χ2n) is 5.60. The zero-order valence-electron chi connectivity index (χ0n) is 10.9.